The molecular formula is C18H30O5. The van der Waals surface area contributed by atoms with E-state index in [0.717, 1.165) is 12.8 Å². The second-order valence-electron chi connectivity index (χ2n) is 8.81. The first-order chi connectivity index (χ1) is 10.7. The van der Waals surface area contributed by atoms with Crippen LogP contribution in [0.1, 0.15) is 40.5 Å². The molecule has 1 spiro atoms. The fourth-order valence-electron chi connectivity index (χ4n) is 7.09. The molecule has 5 rings (SSSR count). The van der Waals surface area contributed by atoms with Gasteiger partial charge >= 0.3 is 0 Å². The Morgan fingerprint density at radius 1 is 1.17 bits per heavy atom. The van der Waals surface area contributed by atoms with Crippen LogP contribution in [-0.4, -0.2) is 49.7 Å². The van der Waals surface area contributed by atoms with Crippen LogP contribution in [0, 0.1) is 28.6 Å². The van der Waals surface area contributed by atoms with Crippen LogP contribution in [-0.2, 0) is 18.9 Å². The van der Waals surface area contributed by atoms with E-state index in [9.17, 15) is 5.11 Å². The molecule has 23 heavy (non-hydrogen) atoms. The molecule has 0 radical (unpaired) electrons. The fourth-order valence-corrected chi connectivity index (χ4v) is 7.09. The zero-order valence-electron chi connectivity index (χ0n) is 14.9. The minimum Gasteiger partial charge on any atom is -0.388 e. The van der Waals surface area contributed by atoms with Gasteiger partial charge in [0.25, 0.3) is 0 Å². The molecule has 4 saturated carbocycles. The van der Waals surface area contributed by atoms with Crippen LogP contribution in [0.3, 0.4) is 0 Å². The van der Waals surface area contributed by atoms with Crippen LogP contribution >= 0.6 is 0 Å². The molecule has 5 nitrogen and oxygen atoms in total. The standard InChI is InChI=1S/C18H30O5/c1-11-14(21-10-20-5)12-8-13-15(2,3)18(11,19)16(12,4)9-17(13)22-6-7-23-17/h11-14,19H,6-10H2,1-5H3/t11?,12-,13+,14?,16-,18-/m0/s1. The molecule has 5 heteroatoms. The van der Waals surface area contributed by atoms with E-state index in [1.807, 2.05) is 0 Å². The zero-order valence-corrected chi connectivity index (χ0v) is 14.9. The maximum absolute atomic E-state index is 11.9. The lowest BCUT2D eigenvalue weighted by Crippen LogP contribution is -2.74. The van der Waals surface area contributed by atoms with Gasteiger partial charge in [-0.1, -0.05) is 27.7 Å². The number of ether oxygens (including phenoxy) is 4. The highest BCUT2D eigenvalue weighted by Crippen LogP contribution is 2.77. The number of methoxy groups -OCH3 is 1. The molecule has 5 fully saturated rings. The molecule has 1 heterocycles. The number of hydrogen-bond acceptors (Lipinski definition) is 5. The van der Waals surface area contributed by atoms with E-state index in [1.54, 1.807) is 7.11 Å². The molecule has 0 aromatic carbocycles. The normalized spacial score (nSPS) is 52.4. The monoisotopic (exact) mass is 326 g/mol. The summed E-state index contributed by atoms with van der Waals surface area (Å²) in [5, 5.41) is 11.9. The van der Waals surface area contributed by atoms with Gasteiger partial charge in [-0.05, 0) is 12.3 Å². The molecule has 4 aliphatic carbocycles. The van der Waals surface area contributed by atoms with Crippen LogP contribution in [0.2, 0.25) is 0 Å². The Hall–Kier alpha value is -0.200. The van der Waals surface area contributed by atoms with Gasteiger partial charge in [-0.3, -0.25) is 0 Å². The fraction of sp³-hybridized carbons (Fsp3) is 1.00. The quantitative estimate of drug-likeness (QED) is 0.806. The Morgan fingerprint density at radius 2 is 1.83 bits per heavy atom. The Kier molecular flexibility index (Phi) is 3.33. The van der Waals surface area contributed by atoms with E-state index in [0.29, 0.717) is 19.1 Å². The van der Waals surface area contributed by atoms with Crippen molar-refractivity contribution < 1.29 is 24.1 Å². The highest BCUT2D eigenvalue weighted by atomic mass is 16.7. The van der Waals surface area contributed by atoms with Crippen LogP contribution in [0.25, 0.3) is 0 Å². The van der Waals surface area contributed by atoms with Gasteiger partial charge in [0.15, 0.2) is 5.79 Å². The van der Waals surface area contributed by atoms with Crippen molar-refractivity contribution in [1.29, 1.82) is 0 Å². The van der Waals surface area contributed by atoms with E-state index in [-0.39, 0.29) is 35.6 Å². The topological polar surface area (TPSA) is 57.2 Å². The lowest BCUT2D eigenvalue weighted by molar-refractivity contribution is -0.357. The summed E-state index contributed by atoms with van der Waals surface area (Å²) >= 11 is 0. The van der Waals surface area contributed by atoms with Crippen molar-refractivity contribution >= 4 is 0 Å². The first-order valence-electron chi connectivity index (χ1n) is 8.85. The number of rotatable bonds is 3. The van der Waals surface area contributed by atoms with Crippen LogP contribution < -0.4 is 0 Å². The SMILES string of the molecule is COCOC1C(C)[C@]2(O)C(C)(C)[C@H]3C[C@@H]1[C@]2(C)CC31OCCO1. The summed E-state index contributed by atoms with van der Waals surface area (Å²) in [6, 6.07) is 0. The van der Waals surface area contributed by atoms with Crippen molar-refractivity contribution in [2.45, 2.75) is 58.0 Å². The van der Waals surface area contributed by atoms with Crippen molar-refractivity contribution in [3.8, 4) is 0 Å². The minimum absolute atomic E-state index is 0.0213. The van der Waals surface area contributed by atoms with E-state index < -0.39 is 11.4 Å². The van der Waals surface area contributed by atoms with E-state index >= 15 is 0 Å². The first kappa shape index (κ1) is 16.3. The van der Waals surface area contributed by atoms with Crippen LogP contribution in [0.5, 0.6) is 0 Å². The predicted octanol–water partition coefficient (Wildman–Crippen LogP) is 2.17. The van der Waals surface area contributed by atoms with Gasteiger partial charge in [0.1, 0.15) is 6.79 Å². The van der Waals surface area contributed by atoms with Crippen molar-refractivity contribution in [3.05, 3.63) is 0 Å². The lowest BCUT2D eigenvalue weighted by atomic mass is 9.40. The van der Waals surface area contributed by atoms with E-state index in [2.05, 4.69) is 27.7 Å². The minimum atomic E-state index is -0.785. The van der Waals surface area contributed by atoms with Crippen molar-refractivity contribution in [3.63, 3.8) is 0 Å². The third kappa shape index (κ3) is 1.61. The maximum atomic E-state index is 11.9. The Bertz CT molecular complexity index is 500. The second kappa shape index (κ2) is 4.70. The summed E-state index contributed by atoms with van der Waals surface area (Å²) in [6.07, 6.45) is 1.75. The highest BCUT2D eigenvalue weighted by Gasteiger charge is 2.82. The Balaban J connectivity index is 1.80. The largest absolute Gasteiger partial charge is 0.388 e. The molecule has 6 atom stereocenters. The van der Waals surface area contributed by atoms with Gasteiger partial charge in [-0.2, -0.15) is 0 Å². The maximum Gasteiger partial charge on any atom is 0.172 e. The summed E-state index contributed by atoms with van der Waals surface area (Å²) in [5.41, 5.74) is -1.34. The van der Waals surface area contributed by atoms with E-state index in [1.165, 1.54) is 0 Å². The molecule has 5 aliphatic rings. The highest BCUT2D eigenvalue weighted by molar-refractivity contribution is 5.29. The average molecular weight is 326 g/mol. The molecule has 1 saturated heterocycles. The van der Waals surface area contributed by atoms with Gasteiger partial charge in [-0.25, -0.2) is 0 Å². The number of aliphatic hydroxyl groups is 1. The van der Waals surface area contributed by atoms with Crippen LogP contribution in [0.4, 0.5) is 0 Å². The molecule has 2 unspecified atom stereocenters. The average Bonchev–Trinajstić information content (AvgIpc) is 2.98. The summed E-state index contributed by atoms with van der Waals surface area (Å²) in [7, 11) is 1.65. The van der Waals surface area contributed by atoms with Gasteiger partial charge < -0.3 is 24.1 Å². The molecule has 132 valence electrons. The van der Waals surface area contributed by atoms with Gasteiger partial charge in [0.05, 0.1) is 24.9 Å². The summed E-state index contributed by atoms with van der Waals surface area (Å²) < 4.78 is 23.5. The Labute approximate surface area is 138 Å². The molecule has 4 bridgehead atoms. The third-order valence-corrected chi connectivity index (χ3v) is 7.88. The van der Waals surface area contributed by atoms with Gasteiger partial charge in [0, 0.05) is 36.2 Å². The summed E-state index contributed by atoms with van der Waals surface area (Å²) in [5.74, 6) is 0.0463. The van der Waals surface area contributed by atoms with Crippen molar-refractivity contribution in [1.82, 2.24) is 0 Å². The molecule has 1 aliphatic heterocycles. The van der Waals surface area contributed by atoms with Crippen LogP contribution in [0.15, 0.2) is 0 Å². The van der Waals surface area contributed by atoms with Gasteiger partial charge in [0.2, 0.25) is 0 Å². The summed E-state index contributed by atoms with van der Waals surface area (Å²) in [4.78, 5) is 0. The van der Waals surface area contributed by atoms with Crippen molar-refractivity contribution in [2.75, 3.05) is 27.1 Å². The Morgan fingerprint density at radius 3 is 2.43 bits per heavy atom. The molecule has 0 aromatic heterocycles. The van der Waals surface area contributed by atoms with Gasteiger partial charge in [-0.15, -0.1) is 0 Å². The molecule has 1 N–H and O–H groups in total. The lowest BCUT2D eigenvalue weighted by Gasteiger charge is -2.68. The summed E-state index contributed by atoms with van der Waals surface area (Å²) in [6.45, 7) is 10.3. The molecular weight excluding hydrogens is 296 g/mol. The zero-order chi connectivity index (χ0) is 16.7. The first-order valence-corrected chi connectivity index (χ1v) is 8.85. The third-order valence-electron chi connectivity index (χ3n) is 7.88. The van der Waals surface area contributed by atoms with E-state index in [4.69, 9.17) is 18.9 Å². The number of hydrogen-bond donors (Lipinski definition) is 1. The predicted molar refractivity (Wildman–Crippen MR) is 83.6 cm³/mol. The second-order valence-corrected chi connectivity index (χ2v) is 8.81. The molecule has 0 amide bonds. The smallest absolute Gasteiger partial charge is 0.172 e. The molecule has 0 aromatic rings. The van der Waals surface area contributed by atoms with Crippen molar-refractivity contribution in [2.24, 2.45) is 28.6 Å².